The lowest BCUT2D eigenvalue weighted by Crippen LogP contribution is -2.29. The van der Waals surface area contributed by atoms with E-state index in [0.29, 0.717) is 5.41 Å². The molecule has 0 rings (SSSR count). The molecular weight excluding hydrogens is 208 g/mol. The third-order valence-electron chi connectivity index (χ3n) is 2.38. The highest BCUT2D eigenvalue weighted by Gasteiger charge is 2.24. The zero-order valence-electron chi connectivity index (χ0n) is 9.72. The van der Waals surface area contributed by atoms with Crippen LogP contribution < -0.4 is 0 Å². The van der Waals surface area contributed by atoms with Gasteiger partial charge in [0.05, 0.1) is 0 Å². The molecule has 0 unspecified atom stereocenters. The average Bonchev–Trinajstić information content (AvgIpc) is 2.05. The fourth-order valence-electron chi connectivity index (χ4n) is 1.13. The van der Waals surface area contributed by atoms with Gasteiger partial charge >= 0.3 is 9.28 Å². The summed E-state index contributed by atoms with van der Waals surface area (Å²) in [5.41, 5.74) is 0.376. The van der Waals surface area contributed by atoms with E-state index in [9.17, 15) is 0 Å². The lowest BCUT2D eigenvalue weighted by atomic mass is 9.93. The first-order chi connectivity index (χ1) is 6.05. The second-order valence-electron chi connectivity index (χ2n) is 4.06. The van der Waals surface area contributed by atoms with Gasteiger partial charge in [-0.15, -0.1) is 0 Å². The highest BCUT2D eigenvalue weighted by molar-refractivity contribution is 6.44. The van der Waals surface area contributed by atoms with Crippen LogP contribution in [0.1, 0.15) is 41.0 Å². The van der Waals surface area contributed by atoms with Gasteiger partial charge < -0.3 is 8.85 Å². The molecule has 0 N–H and O–H groups in total. The van der Waals surface area contributed by atoms with Crippen molar-refractivity contribution in [2.75, 3.05) is 13.2 Å². The van der Waals surface area contributed by atoms with Crippen molar-refractivity contribution in [3.05, 3.63) is 0 Å². The number of hydrogen-bond acceptors (Lipinski definition) is 2. The van der Waals surface area contributed by atoms with Crippen molar-refractivity contribution >= 4 is 20.2 Å². The van der Waals surface area contributed by atoms with Crippen LogP contribution in [0, 0.1) is 5.41 Å². The van der Waals surface area contributed by atoms with E-state index in [1.807, 2.05) is 13.8 Å². The van der Waals surface area contributed by atoms with Gasteiger partial charge in [-0.25, -0.2) is 0 Å². The van der Waals surface area contributed by atoms with Gasteiger partial charge in [0.15, 0.2) is 0 Å². The fourth-order valence-corrected chi connectivity index (χ4v) is 3.40. The van der Waals surface area contributed by atoms with E-state index in [2.05, 4.69) is 20.8 Å². The second-order valence-corrected chi connectivity index (χ2v) is 6.00. The van der Waals surface area contributed by atoms with Crippen molar-refractivity contribution in [3.8, 4) is 0 Å². The van der Waals surface area contributed by atoms with E-state index in [-0.39, 0.29) is 11.0 Å². The molecule has 0 amide bonds. The lowest BCUT2D eigenvalue weighted by molar-refractivity contribution is 0.198. The van der Waals surface area contributed by atoms with E-state index in [1.165, 1.54) is 6.42 Å². The van der Waals surface area contributed by atoms with Crippen LogP contribution in [-0.2, 0) is 8.85 Å². The van der Waals surface area contributed by atoms with Gasteiger partial charge in [-0.1, -0.05) is 27.2 Å². The molecule has 0 aromatic heterocycles. The maximum atomic E-state index is 5.64. The summed E-state index contributed by atoms with van der Waals surface area (Å²) < 4.78 is 11.3. The molecule has 0 atom stereocenters. The van der Waals surface area contributed by atoms with Gasteiger partial charge in [0.2, 0.25) is 0 Å². The maximum Gasteiger partial charge on any atom is 0.321 e. The SMILES string of the molecule is CCO[SiH](CC(C)(C)CC)OCC.[SiH4]. The monoisotopic (exact) mass is 236 g/mol. The molecule has 0 aliphatic carbocycles. The Morgan fingerprint density at radius 1 is 1.00 bits per heavy atom. The van der Waals surface area contributed by atoms with Crippen molar-refractivity contribution in [3.63, 3.8) is 0 Å². The van der Waals surface area contributed by atoms with Crippen molar-refractivity contribution in [1.29, 1.82) is 0 Å². The summed E-state index contributed by atoms with van der Waals surface area (Å²) in [5.74, 6) is 0. The summed E-state index contributed by atoms with van der Waals surface area (Å²) in [7, 11) is -1.38. The van der Waals surface area contributed by atoms with Gasteiger partial charge in [0, 0.05) is 13.2 Å². The molecule has 0 fully saturated rings. The molecule has 4 heteroatoms. The second kappa shape index (κ2) is 8.65. The van der Waals surface area contributed by atoms with Gasteiger partial charge in [-0.2, -0.15) is 0 Å². The maximum absolute atomic E-state index is 5.64. The van der Waals surface area contributed by atoms with Crippen LogP contribution in [0.4, 0.5) is 0 Å². The van der Waals surface area contributed by atoms with Gasteiger partial charge in [0.25, 0.3) is 0 Å². The summed E-state index contributed by atoms with van der Waals surface area (Å²) in [6, 6.07) is 1.12. The Morgan fingerprint density at radius 2 is 1.43 bits per heavy atom. The smallest absolute Gasteiger partial charge is 0.321 e. The van der Waals surface area contributed by atoms with Crippen molar-refractivity contribution in [2.45, 2.75) is 47.1 Å². The summed E-state index contributed by atoms with van der Waals surface area (Å²) in [4.78, 5) is 0. The molecule has 0 saturated heterocycles. The molecule has 88 valence electrons. The number of rotatable bonds is 7. The molecule has 0 radical (unpaired) electrons. The third-order valence-corrected chi connectivity index (χ3v) is 5.23. The molecule has 14 heavy (non-hydrogen) atoms. The number of hydrogen-bond donors (Lipinski definition) is 0. The minimum atomic E-state index is -1.38. The van der Waals surface area contributed by atoms with Gasteiger partial charge in [0.1, 0.15) is 0 Å². The predicted molar refractivity (Wildman–Crippen MR) is 70.6 cm³/mol. The summed E-state index contributed by atoms with van der Waals surface area (Å²) in [5, 5.41) is 0. The van der Waals surface area contributed by atoms with Crippen LogP contribution in [0.15, 0.2) is 0 Å². The molecule has 0 spiro atoms. The zero-order chi connectivity index (χ0) is 10.3. The quantitative estimate of drug-likeness (QED) is 0.620. The van der Waals surface area contributed by atoms with Crippen molar-refractivity contribution in [2.24, 2.45) is 5.41 Å². The van der Waals surface area contributed by atoms with Crippen LogP contribution in [0.3, 0.4) is 0 Å². The highest BCUT2D eigenvalue weighted by Crippen LogP contribution is 2.27. The third kappa shape index (κ3) is 7.73. The Labute approximate surface area is 95.2 Å². The highest BCUT2D eigenvalue weighted by atomic mass is 28.3. The molecule has 0 bridgehead atoms. The minimum absolute atomic E-state index is 0. The molecule has 0 saturated carbocycles. The molecule has 0 heterocycles. The van der Waals surface area contributed by atoms with Crippen LogP contribution in [0.2, 0.25) is 6.04 Å². The standard InChI is InChI=1S/C10H24O2Si.H4Si/c1-6-10(4,5)9-13(11-7-2)12-8-3;/h13H,6-9H2,1-5H3;1H4. The zero-order valence-corrected chi connectivity index (χ0v) is 10.9. The Bertz CT molecular complexity index is 123. The van der Waals surface area contributed by atoms with E-state index in [4.69, 9.17) is 8.85 Å². The van der Waals surface area contributed by atoms with Crippen LogP contribution >= 0.6 is 0 Å². The van der Waals surface area contributed by atoms with Gasteiger partial charge in [-0.05, 0) is 36.3 Å². The van der Waals surface area contributed by atoms with E-state index < -0.39 is 9.28 Å². The van der Waals surface area contributed by atoms with Gasteiger partial charge in [-0.3, -0.25) is 0 Å². The first-order valence-corrected chi connectivity index (χ1v) is 7.04. The summed E-state index contributed by atoms with van der Waals surface area (Å²) in [6.07, 6.45) is 1.19. The molecular formula is C10H28O2Si2. The van der Waals surface area contributed by atoms with Crippen molar-refractivity contribution in [1.82, 2.24) is 0 Å². The Balaban J connectivity index is 0. The first-order valence-electron chi connectivity index (χ1n) is 5.29. The predicted octanol–water partition coefficient (Wildman–Crippen LogP) is 1.26. The molecule has 2 nitrogen and oxygen atoms in total. The normalized spacial score (nSPS) is 11.6. The fraction of sp³-hybridized carbons (Fsp3) is 1.00. The summed E-state index contributed by atoms with van der Waals surface area (Å²) >= 11 is 0. The Morgan fingerprint density at radius 3 is 1.71 bits per heavy atom. The first kappa shape index (κ1) is 16.8. The van der Waals surface area contributed by atoms with Crippen molar-refractivity contribution < 1.29 is 8.85 Å². The molecule has 0 aromatic carbocycles. The van der Waals surface area contributed by atoms with E-state index >= 15 is 0 Å². The van der Waals surface area contributed by atoms with E-state index in [0.717, 1.165) is 19.3 Å². The molecule has 0 aliphatic rings. The topological polar surface area (TPSA) is 18.5 Å². The largest absolute Gasteiger partial charge is 0.397 e. The summed E-state index contributed by atoms with van der Waals surface area (Å²) in [6.45, 7) is 12.4. The Hall–Kier alpha value is 0.354. The minimum Gasteiger partial charge on any atom is -0.397 e. The van der Waals surface area contributed by atoms with Crippen LogP contribution in [0.5, 0.6) is 0 Å². The van der Waals surface area contributed by atoms with Crippen LogP contribution in [-0.4, -0.2) is 33.5 Å². The molecule has 0 aliphatic heterocycles. The van der Waals surface area contributed by atoms with E-state index in [1.54, 1.807) is 0 Å². The lowest BCUT2D eigenvalue weighted by Gasteiger charge is -2.26. The molecule has 0 aromatic rings. The average molecular weight is 237 g/mol. The Kier molecular flexibility index (Phi) is 10.4. The van der Waals surface area contributed by atoms with Crippen LogP contribution in [0.25, 0.3) is 0 Å².